The van der Waals surface area contributed by atoms with Crippen molar-refractivity contribution in [2.75, 3.05) is 18.1 Å². The summed E-state index contributed by atoms with van der Waals surface area (Å²) in [6.45, 7) is 0. The smallest absolute Gasteiger partial charge is 0.328 e. The Bertz CT molecular complexity index is 668. The van der Waals surface area contributed by atoms with Crippen molar-refractivity contribution in [3.05, 3.63) is 42.0 Å². The summed E-state index contributed by atoms with van der Waals surface area (Å²) < 4.78 is 0. The number of nitrogen functional groups attached to an aromatic ring is 1. The third-order valence-electron chi connectivity index (χ3n) is 2.60. The lowest BCUT2D eigenvalue weighted by Gasteiger charge is -2.06. The topological polar surface area (TPSA) is 101 Å². The number of carboxylic acids is 1. The second-order valence-corrected chi connectivity index (χ2v) is 4.04. The molecule has 0 fully saturated rings. The largest absolute Gasteiger partial charge is 0.478 e. The van der Waals surface area contributed by atoms with Crippen LogP contribution >= 0.6 is 0 Å². The number of benzene rings is 1. The number of hydrogen-bond donors (Lipinski definition) is 3. The second-order valence-electron chi connectivity index (χ2n) is 4.04. The van der Waals surface area contributed by atoms with E-state index in [-0.39, 0.29) is 5.95 Å². The van der Waals surface area contributed by atoms with E-state index in [1.54, 1.807) is 13.1 Å². The lowest BCUT2D eigenvalue weighted by Crippen LogP contribution is -2.01. The van der Waals surface area contributed by atoms with Gasteiger partial charge in [-0.3, -0.25) is 0 Å². The van der Waals surface area contributed by atoms with Gasteiger partial charge >= 0.3 is 5.97 Å². The number of aromatic nitrogens is 2. The number of carboxylic acid groups (broad SMARTS) is 1. The van der Waals surface area contributed by atoms with E-state index in [0.29, 0.717) is 11.5 Å². The predicted molar refractivity (Wildman–Crippen MR) is 78.1 cm³/mol. The van der Waals surface area contributed by atoms with Crippen LogP contribution < -0.4 is 11.1 Å². The van der Waals surface area contributed by atoms with E-state index < -0.39 is 5.97 Å². The number of nitrogens with two attached hydrogens (primary N) is 1. The zero-order valence-corrected chi connectivity index (χ0v) is 10.9. The molecule has 4 N–H and O–H groups in total. The third-order valence-corrected chi connectivity index (χ3v) is 2.60. The van der Waals surface area contributed by atoms with Gasteiger partial charge in [0.25, 0.3) is 0 Å². The number of anilines is 2. The highest BCUT2D eigenvalue weighted by Crippen LogP contribution is 2.22. The van der Waals surface area contributed by atoms with E-state index in [1.807, 2.05) is 24.3 Å². The fourth-order valence-corrected chi connectivity index (χ4v) is 1.71. The average molecular weight is 270 g/mol. The molecular formula is C14H14N4O2. The first-order valence-electron chi connectivity index (χ1n) is 5.92. The summed E-state index contributed by atoms with van der Waals surface area (Å²) >= 11 is 0. The molecule has 20 heavy (non-hydrogen) atoms. The second kappa shape index (κ2) is 5.83. The van der Waals surface area contributed by atoms with Gasteiger partial charge in [0.1, 0.15) is 5.82 Å². The van der Waals surface area contributed by atoms with Gasteiger partial charge in [0, 0.05) is 24.8 Å². The molecule has 0 saturated carbocycles. The molecule has 0 aliphatic heterocycles. The molecule has 1 heterocycles. The standard InChI is InChI=1S/C14H14N4O2/c1-16-12-8-11(17-14(15)18-12)10-4-2-3-9(7-10)5-6-13(19)20/h2-8H,1H3,(H,19,20)(H3,15,16,17,18). The number of aliphatic carboxylic acids is 1. The van der Waals surface area contributed by atoms with Crippen LogP contribution in [0.5, 0.6) is 0 Å². The van der Waals surface area contributed by atoms with E-state index >= 15 is 0 Å². The van der Waals surface area contributed by atoms with Crippen LogP contribution in [0.25, 0.3) is 17.3 Å². The summed E-state index contributed by atoms with van der Waals surface area (Å²) in [5.74, 6) is -0.184. The van der Waals surface area contributed by atoms with E-state index in [2.05, 4.69) is 15.3 Å². The Hall–Kier alpha value is -2.89. The fourth-order valence-electron chi connectivity index (χ4n) is 1.71. The molecule has 102 valence electrons. The molecule has 0 aliphatic rings. The van der Waals surface area contributed by atoms with E-state index in [9.17, 15) is 4.79 Å². The minimum atomic E-state index is -0.987. The van der Waals surface area contributed by atoms with E-state index in [1.165, 1.54) is 6.08 Å². The maximum atomic E-state index is 10.5. The normalized spacial score (nSPS) is 10.7. The zero-order chi connectivity index (χ0) is 14.5. The van der Waals surface area contributed by atoms with Gasteiger partial charge in [0.05, 0.1) is 5.69 Å². The van der Waals surface area contributed by atoms with Crippen molar-refractivity contribution in [2.24, 2.45) is 0 Å². The monoisotopic (exact) mass is 270 g/mol. The fraction of sp³-hybridized carbons (Fsp3) is 0.0714. The highest BCUT2D eigenvalue weighted by Gasteiger charge is 2.04. The van der Waals surface area contributed by atoms with Gasteiger partial charge in [-0.05, 0) is 17.7 Å². The van der Waals surface area contributed by atoms with Crippen molar-refractivity contribution in [1.82, 2.24) is 9.97 Å². The minimum absolute atomic E-state index is 0.179. The van der Waals surface area contributed by atoms with Crippen LogP contribution in [-0.2, 0) is 4.79 Å². The van der Waals surface area contributed by atoms with Crippen molar-refractivity contribution in [3.8, 4) is 11.3 Å². The van der Waals surface area contributed by atoms with E-state index in [4.69, 9.17) is 10.8 Å². The Morgan fingerprint density at radius 3 is 2.85 bits per heavy atom. The molecule has 0 aliphatic carbocycles. The first-order chi connectivity index (χ1) is 9.58. The van der Waals surface area contributed by atoms with Gasteiger partial charge in [0.2, 0.25) is 5.95 Å². The molecule has 1 aromatic carbocycles. The van der Waals surface area contributed by atoms with Gasteiger partial charge in [0.15, 0.2) is 0 Å². The predicted octanol–water partition coefficient (Wildman–Crippen LogP) is 1.87. The van der Waals surface area contributed by atoms with Gasteiger partial charge in [-0.25, -0.2) is 9.78 Å². The van der Waals surface area contributed by atoms with Crippen molar-refractivity contribution in [2.45, 2.75) is 0 Å². The molecule has 0 amide bonds. The van der Waals surface area contributed by atoms with Crippen LogP contribution in [0.4, 0.5) is 11.8 Å². The van der Waals surface area contributed by atoms with E-state index in [0.717, 1.165) is 17.2 Å². The molecule has 0 atom stereocenters. The van der Waals surface area contributed by atoms with Crippen molar-refractivity contribution < 1.29 is 9.90 Å². The highest BCUT2D eigenvalue weighted by molar-refractivity contribution is 5.85. The van der Waals surface area contributed by atoms with Crippen molar-refractivity contribution in [1.29, 1.82) is 0 Å². The lowest BCUT2D eigenvalue weighted by atomic mass is 10.1. The molecule has 1 aromatic heterocycles. The Kier molecular flexibility index (Phi) is 3.95. The molecule has 6 nitrogen and oxygen atoms in total. The highest BCUT2D eigenvalue weighted by atomic mass is 16.4. The van der Waals surface area contributed by atoms with Gasteiger partial charge in [-0.15, -0.1) is 0 Å². The summed E-state index contributed by atoms with van der Waals surface area (Å²) in [7, 11) is 1.75. The summed E-state index contributed by atoms with van der Waals surface area (Å²) in [6, 6.07) is 9.12. The molecule has 2 aromatic rings. The summed E-state index contributed by atoms with van der Waals surface area (Å²) in [6.07, 6.45) is 2.61. The SMILES string of the molecule is CNc1cc(-c2cccc(C=CC(=O)O)c2)nc(N)n1. The number of carbonyl (C=O) groups is 1. The lowest BCUT2D eigenvalue weighted by molar-refractivity contribution is -0.131. The molecule has 0 unspecified atom stereocenters. The van der Waals surface area contributed by atoms with Crippen LogP contribution in [0.15, 0.2) is 36.4 Å². The molecular weight excluding hydrogens is 256 g/mol. The summed E-state index contributed by atoms with van der Waals surface area (Å²) in [5, 5.41) is 11.5. The summed E-state index contributed by atoms with van der Waals surface area (Å²) in [5.41, 5.74) is 7.94. The molecule has 2 rings (SSSR count). The van der Waals surface area contributed by atoms with Crippen molar-refractivity contribution in [3.63, 3.8) is 0 Å². The Labute approximate surface area is 116 Å². The number of nitrogens with zero attached hydrogens (tertiary/aromatic N) is 2. The van der Waals surface area contributed by atoms with Gasteiger partial charge in [-0.2, -0.15) is 4.98 Å². The summed E-state index contributed by atoms with van der Waals surface area (Å²) in [4.78, 5) is 18.7. The minimum Gasteiger partial charge on any atom is -0.478 e. The van der Waals surface area contributed by atoms with Gasteiger partial charge < -0.3 is 16.2 Å². The number of hydrogen-bond acceptors (Lipinski definition) is 5. The van der Waals surface area contributed by atoms with Crippen LogP contribution in [0.2, 0.25) is 0 Å². The van der Waals surface area contributed by atoms with Crippen LogP contribution in [-0.4, -0.2) is 28.1 Å². The molecule has 0 saturated heterocycles. The molecule has 0 spiro atoms. The van der Waals surface area contributed by atoms with Crippen LogP contribution in [0, 0.1) is 0 Å². The Morgan fingerprint density at radius 2 is 2.15 bits per heavy atom. The first kappa shape index (κ1) is 13.5. The third kappa shape index (κ3) is 3.32. The maximum Gasteiger partial charge on any atom is 0.328 e. The van der Waals surface area contributed by atoms with Gasteiger partial charge in [-0.1, -0.05) is 18.2 Å². The average Bonchev–Trinajstić information content (AvgIpc) is 2.44. The molecule has 6 heteroatoms. The number of rotatable bonds is 4. The maximum absolute atomic E-state index is 10.5. The first-order valence-corrected chi connectivity index (χ1v) is 5.92. The van der Waals surface area contributed by atoms with Crippen molar-refractivity contribution >= 4 is 23.8 Å². The van der Waals surface area contributed by atoms with Crippen LogP contribution in [0.3, 0.4) is 0 Å². The Morgan fingerprint density at radius 1 is 1.35 bits per heavy atom. The molecule has 0 bridgehead atoms. The number of nitrogens with one attached hydrogen (secondary N) is 1. The molecule has 0 radical (unpaired) electrons. The Balaban J connectivity index is 2.40. The zero-order valence-electron chi connectivity index (χ0n) is 10.9. The van der Waals surface area contributed by atoms with Crippen LogP contribution in [0.1, 0.15) is 5.56 Å². The quantitative estimate of drug-likeness (QED) is 0.733.